The Bertz CT molecular complexity index is 778. The van der Waals surface area contributed by atoms with E-state index in [0.717, 1.165) is 37.3 Å². The van der Waals surface area contributed by atoms with Crippen LogP contribution in [0, 0.1) is 0 Å². The number of benzene rings is 2. The van der Waals surface area contributed by atoms with Crippen LogP contribution in [0.15, 0.2) is 42.5 Å². The highest BCUT2D eigenvalue weighted by atomic mass is 16.5. The maximum Gasteiger partial charge on any atom is 0.161 e. The van der Waals surface area contributed by atoms with Crippen LogP contribution < -0.4 is 9.47 Å². The van der Waals surface area contributed by atoms with Gasteiger partial charge in [0.25, 0.3) is 0 Å². The van der Waals surface area contributed by atoms with Crippen LogP contribution in [0.5, 0.6) is 11.5 Å². The second kappa shape index (κ2) is 7.75. The van der Waals surface area contributed by atoms with Gasteiger partial charge in [-0.1, -0.05) is 30.3 Å². The van der Waals surface area contributed by atoms with Crippen molar-refractivity contribution < 1.29 is 9.47 Å². The molecule has 1 aliphatic carbocycles. The van der Waals surface area contributed by atoms with E-state index >= 15 is 0 Å². The van der Waals surface area contributed by atoms with Crippen LogP contribution in [-0.2, 0) is 12.8 Å². The molecule has 0 saturated heterocycles. The monoisotopic (exact) mass is 337 g/mol. The number of rotatable bonds is 5. The Kier molecular flexibility index (Phi) is 5.44. The highest BCUT2D eigenvalue weighted by molar-refractivity contribution is 5.85. The minimum atomic E-state index is 0.791. The van der Waals surface area contributed by atoms with Crippen molar-refractivity contribution in [2.75, 3.05) is 34.9 Å². The Morgan fingerprint density at radius 1 is 0.920 bits per heavy atom. The van der Waals surface area contributed by atoms with E-state index in [-0.39, 0.29) is 0 Å². The number of fused-ring (bicyclic) bond motifs is 2. The van der Waals surface area contributed by atoms with Gasteiger partial charge in [0.05, 0.1) is 14.2 Å². The van der Waals surface area contributed by atoms with E-state index in [4.69, 9.17) is 9.47 Å². The van der Waals surface area contributed by atoms with Crippen LogP contribution in [0.2, 0.25) is 0 Å². The van der Waals surface area contributed by atoms with Crippen molar-refractivity contribution in [3.63, 3.8) is 0 Å². The number of ether oxygens (including phenoxy) is 2. The molecule has 1 aliphatic rings. The fourth-order valence-corrected chi connectivity index (χ4v) is 3.48. The lowest BCUT2D eigenvalue weighted by molar-refractivity contribution is 0.354. The van der Waals surface area contributed by atoms with Crippen LogP contribution in [0.25, 0.3) is 5.57 Å². The highest BCUT2D eigenvalue weighted by Gasteiger charge is 2.20. The number of methoxy groups -OCH3 is 2. The lowest BCUT2D eigenvalue weighted by Gasteiger charge is -2.16. The first-order valence-electron chi connectivity index (χ1n) is 8.82. The maximum absolute atomic E-state index is 5.56. The maximum atomic E-state index is 5.56. The van der Waals surface area contributed by atoms with E-state index in [0.29, 0.717) is 0 Å². The molecular weight excluding hydrogens is 310 g/mol. The Balaban J connectivity index is 2.14. The van der Waals surface area contributed by atoms with E-state index in [2.05, 4.69) is 61.5 Å². The van der Waals surface area contributed by atoms with Crippen LogP contribution in [-0.4, -0.2) is 39.8 Å². The molecule has 0 saturated carbocycles. The summed E-state index contributed by atoms with van der Waals surface area (Å²) in [6, 6.07) is 13.0. The van der Waals surface area contributed by atoms with Crippen LogP contribution in [0.3, 0.4) is 0 Å². The molecule has 0 atom stereocenters. The van der Waals surface area contributed by atoms with Crippen molar-refractivity contribution in [1.82, 2.24) is 4.90 Å². The van der Waals surface area contributed by atoms with Gasteiger partial charge in [-0.25, -0.2) is 0 Å². The molecular formula is C22H27NO2. The van der Waals surface area contributed by atoms with E-state index in [1.807, 2.05) is 0 Å². The second-order valence-electron chi connectivity index (χ2n) is 6.73. The standard InChI is InChI=1S/C22H27NO2/c1-23(2)13-7-10-19-18-9-6-5-8-16(18)11-12-17-14-21(24-3)22(25-4)15-20(17)19/h5-6,8-10,14-15H,7,11-13H2,1-4H3. The molecule has 0 unspecified atom stereocenters. The summed E-state index contributed by atoms with van der Waals surface area (Å²) in [6.07, 6.45) is 5.45. The molecule has 3 rings (SSSR count). The molecule has 0 aromatic heterocycles. The van der Waals surface area contributed by atoms with Gasteiger partial charge in [0, 0.05) is 6.54 Å². The van der Waals surface area contributed by atoms with Crippen molar-refractivity contribution in [2.24, 2.45) is 0 Å². The Labute approximate surface area is 150 Å². The van der Waals surface area contributed by atoms with Crippen LogP contribution >= 0.6 is 0 Å². The molecule has 3 nitrogen and oxygen atoms in total. The minimum Gasteiger partial charge on any atom is -0.493 e. The molecule has 2 aromatic carbocycles. The SMILES string of the molecule is COc1cc2c(cc1OC)C(=CCCN(C)C)c1ccccc1CC2. The summed E-state index contributed by atoms with van der Waals surface area (Å²) in [4.78, 5) is 2.22. The zero-order chi connectivity index (χ0) is 17.8. The first-order valence-corrected chi connectivity index (χ1v) is 8.82. The fourth-order valence-electron chi connectivity index (χ4n) is 3.48. The lowest BCUT2D eigenvalue weighted by atomic mass is 9.92. The number of hydrogen-bond acceptors (Lipinski definition) is 3. The van der Waals surface area contributed by atoms with Gasteiger partial charge in [-0.3, -0.25) is 0 Å². The quantitative estimate of drug-likeness (QED) is 0.817. The highest BCUT2D eigenvalue weighted by Crippen LogP contribution is 2.39. The van der Waals surface area contributed by atoms with Gasteiger partial charge in [-0.05, 0) is 73.3 Å². The molecule has 0 radical (unpaired) electrons. The third-order valence-electron chi connectivity index (χ3n) is 4.80. The average molecular weight is 337 g/mol. The topological polar surface area (TPSA) is 21.7 Å². The molecule has 0 aliphatic heterocycles. The molecule has 0 bridgehead atoms. The Morgan fingerprint density at radius 2 is 1.60 bits per heavy atom. The van der Waals surface area contributed by atoms with Gasteiger partial charge < -0.3 is 14.4 Å². The summed E-state index contributed by atoms with van der Waals surface area (Å²) in [7, 11) is 7.62. The molecule has 0 fully saturated rings. The van der Waals surface area contributed by atoms with Gasteiger partial charge in [-0.2, -0.15) is 0 Å². The smallest absolute Gasteiger partial charge is 0.161 e. The van der Waals surface area contributed by atoms with Crippen molar-refractivity contribution in [3.8, 4) is 11.5 Å². The first-order chi connectivity index (χ1) is 12.1. The molecule has 2 aromatic rings. The zero-order valence-electron chi connectivity index (χ0n) is 15.6. The van der Waals surface area contributed by atoms with Crippen LogP contribution in [0.4, 0.5) is 0 Å². The molecule has 0 N–H and O–H groups in total. The largest absolute Gasteiger partial charge is 0.493 e. The second-order valence-corrected chi connectivity index (χ2v) is 6.73. The molecule has 0 heterocycles. The number of aryl methyl sites for hydroxylation is 2. The molecule has 3 heteroatoms. The Morgan fingerprint density at radius 3 is 2.32 bits per heavy atom. The van der Waals surface area contributed by atoms with E-state index in [1.54, 1.807) is 14.2 Å². The summed E-state index contributed by atoms with van der Waals surface area (Å²) in [5.41, 5.74) is 6.65. The lowest BCUT2D eigenvalue weighted by Crippen LogP contribution is -2.12. The summed E-state index contributed by atoms with van der Waals surface area (Å²) in [5.74, 6) is 1.60. The molecule has 0 spiro atoms. The van der Waals surface area contributed by atoms with Crippen molar-refractivity contribution in [3.05, 3.63) is 64.7 Å². The van der Waals surface area contributed by atoms with Crippen molar-refractivity contribution in [1.29, 1.82) is 0 Å². The normalized spacial score (nSPS) is 14.8. The van der Waals surface area contributed by atoms with Crippen molar-refractivity contribution >= 4 is 5.57 Å². The fraction of sp³-hybridized carbons (Fsp3) is 0.364. The third-order valence-corrected chi connectivity index (χ3v) is 4.80. The van der Waals surface area contributed by atoms with E-state index in [9.17, 15) is 0 Å². The summed E-state index contributed by atoms with van der Waals surface area (Å²) < 4.78 is 11.1. The molecule has 132 valence electrons. The predicted octanol–water partition coefficient (Wildman–Crippen LogP) is 4.19. The zero-order valence-corrected chi connectivity index (χ0v) is 15.6. The van der Waals surface area contributed by atoms with E-state index < -0.39 is 0 Å². The van der Waals surface area contributed by atoms with Gasteiger partial charge in [0.1, 0.15) is 0 Å². The van der Waals surface area contributed by atoms with E-state index in [1.165, 1.54) is 27.8 Å². The summed E-state index contributed by atoms with van der Waals surface area (Å²) in [5, 5.41) is 0. The predicted molar refractivity (Wildman–Crippen MR) is 104 cm³/mol. The molecule has 25 heavy (non-hydrogen) atoms. The Hall–Kier alpha value is -2.26. The average Bonchev–Trinajstić information content (AvgIpc) is 2.77. The first kappa shape index (κ1) is 17.6. The molecule has 0 amide bonds. The van der Waals surface area contributed by atoms with Gasteiger partial charge in [0.15, 0.2) is 11.5 Å². The van der Waals surface area contributed by atoms with Gasteiger partial charge >= 0.3 is 0 Å². The van der Waals surface area contributed by atoms with Crippen molar-refractivity contribution in [2.45, 2.75) is 19.3 Å². The number of hydrogen-bond donors (Lipinski definition) is 0. The van der Waals surface area contributed by atoms with Crippen LogP contribution in [0.1, 0.15) is 28.7 Å². The summed E-state index contributed by atoms with van der Waals surface area (Å²) >= 11 is 0. The third kappa shape index (κ3) is 3.72. The number of nitrogens with zero attached hydrogens (tertiary/aromatic N) is 1. The van der Waals surface area contributed by atoms with Gasteiger partial charge in [0.2, 0.25) is 0 Å². The summed E-state index contributed by atoms with van der Waals surface area (Å²) in [6.45, 7) is 1.04. The minimum absolute atomic E-state index is 0.791. The van der Waals surface area contributed by atoms with Gasteiger partial charge in [-0.15, -0.1) is 0 Å².